The number of para-hydroxylation sites is 2. The van der Waals surface area contributed by atoms with Crippen molar-refractivity contribution in [3.05, 3.63) is 40.3 Å². The molecule has 4 bridgehead atoms. The van der Waals surface area contributed by atoms with Crippen LogP contribution in [0.3, 0.4) is 0 Å². The van der Waals surface area contributed by atoms with Crippen LogP contribution >= 0.6 is 0 Å². The predicted molar refractivity (Wildman–Crippen MR) is 164 cm³/mol. The van der Waals surface area contributed by atoms with Crippen molar-refractivity contribution >= 4 is 28.6 Å². The number of carbonyl (C=O) groups excluding carboxylic acids is 1. The number of amides is 1. The number of piperidine rings is 2. The molecule has 0 unspecified atom stereocenters. The summed E-state index contributed by atoms with van der Waals surface area (Å²) in [5.41, 5.74) is -0.0556. The number of carbonyl (C=O) groups is 2. The molecule has 1 amide bonds. The van der Waals surface area contributed by atoms with Gasteiger partial charge in [-0.2, -0.15) is 0 Å². The first-order valence-electron chi connectivity index (χ1n) is 16.4. The second-order valence-corrected chi connectivity index (χ2v) is 13.0. The maximum absolute atomic E-state index is 14.2. The van der Waals surface area contributed by atoms with Crippen molar-refractivity contribution in [3.8, 4) is 0 Å². The number of hydrogen-bond donors (Lipinski definition) is 1. The van der Waals surface area contributed by atoms with E-state index in [9.17, 15) is 19.5 Å². The molecule has 1 aromatic heterocycles. The number of aromatic nitrogens is 2. The molecule has 43 heavy (non-hydrogen) atoms. The Labute approximate surface area is 253 Å². The van der Waals surface area contributed by atoms with Crippen molar-refractivity contribution in [3.63, 3.8) is 0 Å². The van der Waals surface area contributed by atoms with Crippen molar-refractivity contribution in [1.29, 1.82) is 0 Å². The quantitative estimate of drug-likeness (QED) is 0.335. The normalized spacial score (nSPS) is 29.3. The standard InChI is InChI=1S/C33H45N5O5/c1-3-36(4-2)29(39)20-43-35-31(33(41)42)30-32(40)38(28-14-6-5-13-27(28)34-30)26-18-23-11-8-12-24(19-26)37(23)25-16-21-9-7-10-22(15-21)17-25/h5-6,13-14,21-26H,3-4,7-12,15-20H2,1-2H3,(H,41,42)/b35-31-/t21-,22+,23-,24+,25+,26+. The maximum atomic E-state index is 14.2. The fourth-order valence-corrected chi connectivity index (χ4v) is 8.81. The van der Waals surface area contributed by atoms with Gasteiger partial charge in [-0.1, -0.05) is 43.0 Å². The lowest BCUT2D eigenvalue weighted by molar-refractivity contribution is -0.136. The van der Waals surface area contributed by atoms with Gasteiger partial charge in [0.25, 0.3) is 11.5 Å². The predicted octanol–water partition coefficient (Wildman–Crippen LogP) is 4.60. The number of carboxylic acids is 1. The molecule has 232 valence electrons. The van der Waals surface area contributed by atoms with Gasteiger partial charge in [0, 0.05) is 37.3 Å². The zero-order valence-electron chi connectivity index (χ0n) is 25.5. The van der Waals surface area contributed by atoms with Gasteiger partial charge in [0.1, 0.15) is 0 Å². The number of hydrogen-bond acceptors (Lipinski definition) is 7. The van der Waals surface area contributed by atoms with Crippen LogP contribution < -0.4 is 5.56 Å². The van der Waals surface area contributed by atoms with E-state index in [1.54, 1.807) is 15.5 Å². The van der Waals surface area contributed by atoms with E-state index < -0.39 is 23.8 Å². The van der Waals surface area contributed by atoms with E-state index in [1.165, 1.54) is 44.9 Å². The maximum Gasteiger partial charge on any atom is 0.360 e. The first kappa shape index (κ1) is 29.8. The van der Waals surface area contributed by atoms with Gasteiger partial charge in [-0.3, -0.25) is 14.5 Å². The zero-order chi connectivity index (χ0) is 30.1. The molecule has 0 spiro atoms. The van der Waals surface area contributed by atoms with Gasteiger partial charge in [0.2, 0.25) is 5.71 Å². The molecule has 1 N–H and O–H groups in total. The van der Waals surface area contributed by atoms with Crippen LogP contribution in [-0.4, -0.2) is 79.9 Å². The van der Waals surface area contributed by atoms with Crippen LogP contribution in [0.4, 0.5) is 0 Å². The van der Waals surface area contributed by atoms with Gasteiger partial charge in [-0.05, 0) is 82.8 Å². The average Bonchev–Trinajstić information content (AvgIpc) is 2.99. The summed E-state index contributed by atoms with van der Waals surface area (Å²) in [7, 11) is 0. The summed E-state index contributed by atoms with van der Waals surface area (Å²) in [4.78, 5) is 53.0. The third kappa shape index (κ3) is 5.95. The summed E-state index contributed by atoms with van der Waals surface area (Å²) in [6.45, 7) is 4.31. The summed E-state index contributed by atoms with van der Waals surface area (Å²) in [5, 5.41) is 13.9. The highest BCUT2D eigenvalue weighted by atomic mass is 16.6. The molecular weight excluding hydrogens is 546 g/mol. The molecule has 6 rings (SSSR count). The zero-order valence-corrected chi connectivity index (χ0v) is 25.5. The Bertz CT molecular complexity index is 1410. The number of likely N-dealkylation sites (N-methyl/N-ethyl adjacent to an activating group) is 1. The third-order valence-electron chi connectivity index (χ3n) is 10.6. The van der Waals surface area contributed by atoms with Crippen LogP contribution in [0.2, 0.25) is 0 Å². The van der Waals surface area contributed by atoms with E-state index in [4.69, 9.17) is 4.84 Å². The molecule has 10 heteroatoms. The number of carboxylic acid groups (broad SMARTS) is 1. The molecule has 4 aliphatic rings. The Hall–Kier alpha value is -3.27. The molecule has 2 saturated carbocycles. The Morgan fingerprint density at radius 2 is 1.58 bits per heavy atom. The van der Waals surface area contributed by atoms with Crippen molar-refractivity contribution in [2.45, 2.75) is 109 Å². The van der Waals surface area contributed by atoms with Crippen molar-refractivity contribution < 1.29 is 19.5 Å². The number of oxime groups is 1. The minimum atomic E-state index is -1.42. The molecule has 2 saturated heterocycles. The number of fused-ring (bicyclic) bond motifs is 5. The monoisotopic (exact) mass is 591 g/mol. The van der Waals surface area contributed by atoms with Crippen LogP contribution in [-0.2, 0) is 14.4 Å². The minimum Gasteiger partial charge on any atom is -0.476 e. The van der Waals surface area contributed by atoms with E-state index in [0.29, 0.717) is 42.2 Å². The molecule has 4 fully saturated rings. The van der Waals surface area contributed by atoms with Crippen LogP contribution in [0.25, 0.3) is 11.0 Å². The summed E-state index contributed by atoms with van der Waals surface area (Å²) in [6.07, 6.45) is 13.4. The smallest absolute Gasteiger partial charge is 0.360 e. The summed E-state index contributed by atoms with van der Waals surface area (Å²) >= 11 is 0. The van der Waals surface area contributed by atoms with Gasteiger partial charge in [-0.25, -0.2) is 9.78 Å². The topological polar surface area (TPSA) is 117 Å². The minimum absolute atomic E-state index is 0.0611. The molecular formula is C33H45N5O5. The second kappa shape index (κ2) is 12.8. The Balaban J connectivity index is 1.31. The van der Waals surface area contributed by atoms with E-state index in [1.807, 2.05) is 32.0 Å². The Kier molecular flexibility index (Phi) is 8.84. The molecule has 1 aromatic carbocycles. The first-order valence-corrected chi connectivity index (χ1v) is 16.4. The average molecular weight is 592 g/mol. The summed E-state index contributed by atoms with van der Waals surface area (Å²) in [5.74, 6) is 0.00516. The van der Waals surface area contributed by atoms with Gasteiger partial charge in [-0.15, -0.1) is 0 Å². The summed E-state index contributed by atoms with van der Waals surface area (Å²) in [6, 6.07) is 8.85. The molecule has 3 heterocycles. The van der Waals surface area contributed by atoms with Gasteiger partial charge in [0.05, 0.1) is 11.0 Å². The fraction of sp³-hybridized carbons (Fsp3) is 0.667. The van der Waals surface area contributed by atoms with Crippen molar-refractivity contribution in [1.82, 2.24) is 19.4 Å². The lowest BCUT2D eigenvalue weighted by atomic mass is 9.68. The number of nitrogens with zero attached hydrogens (tertiary/aromatic N) is 5. The van der Waals surface area contributed by atoms with Crippen LogP contribution in [0.1, 0.15) is 96.2 Å². The molecule has 2 aliphatic heterocycles. The SMILES string of the molecule is CCN(CC)C(=O)CO/N=C(\C(=O)O)c1nc2ccccc2n([C@H]2C[C@H]3CCC[C@@H](C2)N3[C@H]2C[C@@H]3CCC[C@@H](C3)C2)c1=O. The number of benzene rings is 1. The van der Waals surface area contributed by atoms with Crippen LogP contribution in [0.15, 0.2) is 34.2 Å². The Morgan fingerprint density at radius 3 is 2.23 bits per heavy atom. The van der Waals surface area contributed by atoms with Crippen LogP contribution in [0, 0.1) is 11.8 Å². The van der Waals surface area contributed by atoms with Crippen molar-refractivity contribution in [2.24, 2.45) is 17.0 Å². The molecule has 10 nitrogen and oxygen atoms in total. The molecule has 0 radical (unpaired) electrons. The van der Waals surface area contributed by atoms with E-state index in [-0.39, 0.29) is 17.6 Å². The fourth-order valence-electron chi connectivity index (χ4n) is 8.81. The molecule has 2 aromatic rings. The third-order valence-corrected chi connectivity index (χ3v) is 10.6. The van der Waals surface area contributed by atoms with E-state index in [0.717, 1.165) is 37.5 Å². The number of aliphatic carboxylic acids is 1. The largest absolute Gasteiger partial charge is 0.476 e. The lowest BCUT2D eigenvalue weighted by Gasteiger charge is -2.55. The van der Waals surface area contributed by atoms with Gasteiger partial charge in [0.15, 0.2) is 12.3 Å². The lowest BCUT2D eigenvalue weighted by Crippen LogP contribution is -2.58. The highest BCUT2D eigenvalue weighted by Crippen LogP contribution is 2.47. The van der Waals surface area contributed by atoms with Gasteiger partial charge >= 0.3 is 5.97 Å². The molecule has 6 atom stereocenters. The van der Waals surface area contributed by atoms with E-state index in [2.05, 4.69) is 15.0 Å². The summed E-state index contributed by atoms with van der Waals surface area (Å²) < 4.78 is 1.79. The highest BCUT2D eigenvalue weighted by molar-refractivity contribution is 6.41. The van der Waals surface area contributed by atoms with Crippen LogP contribution in [0.5, 0.6) is 0 Å². The first-order chi connectivity index (χ1) is 20.9. The highest BCUT2D eigenvalue weighted by Gasteiger charge is 2.45. The second-order valence-electron chi connectivity index (χ2n) is 13.0. The molecule has 2 aliphatic carbocycles. The Morgan fingerprint density at radius 1 is 0.930 bits per heavy atom. The number of rotatable bonds is 9. The van der Waals surface area contributed by atoms with Crippen molar-refractivity contribution in [2.75, 3.05) is 19.7 Å². The van der Waals surface area contributed by atoms with Gasteiger partial charge < -0.3 is 19.4 Å². The van der Waals surface area contributed by atoms with E-state index >= 15 is 0 Å².